The van der Waals surface area contributed by atoms with Crippen LogP contribution in [0.25, 0.3) is 143 Å². The van der Waals surface area contributed by atoms with Crippen LogP contribution < -0.4 is 0 Å². The second-order valence-corrected chi connectivity index (χ2v) is 21.0. The second kappa shape index (κ2) is 17.0. The molecule has 0 saturated heterocycles. The van der Waals surface area contributed by atoms with E-state index in [0.29, 0.717) is 0 Å². The molecule has 0 N–H and O–H groups in total. The average Bonchev–Trinajstić information content (AvgIpc) is 3.50. The summed E-state index contributed by atoms with van der Waals surface area (Å²) in [6, 6.07) is 95.3. The molecular weight excluding hydrogens is 913 g/mol. The maximum atomic E-state index is 2.49. The van der Waals surface area contributed by atoms with Gasteiger partial charge in [0.1, 0.15) is 0 Å². The lowest BCUT2D eigenvalue weighted by Gasteiger charge is -2.30. The molecule has 2 aliphatic rings. The van der Waals surface area contributed by atoms with Crippen molar-refractivity contribution in [3.8, 4) is 66.8 Å². The Morgan fingerprint density at radius 1 is 0.289 bits per heavy atom. The van der Waals surface area contributed by atoms with Crippen molar-refractivity contribution in [2.75, 3.05) is 0 Å². The summed E-state index contributed by atoms with van der Waals surface area (Å²) in [5.74, 6) is 0.227. The van der Waals surface area contributed by atoms with Gasteiger partial charge in [-0.05, 0) is 178 Å². The van der Waals surface area contributed by atoms with Gasteiger partial charge in [-0.25, -0.2) is 0 Å². The fraction of sp³-hybridized carbons (Fsp3) is 0.0263. The lowest BCUT2D eigenvalue weighted by molar-refractivity contribution is 1.09. The van der Waals surface area contributed by atoms with Gasteiger partial charge in [-0.3, -0.25) is 0 Å². The molecule has 0 aliphatic heterocycles. The molecule has 0 bridgehead atoms. The molecule has 0 nitrogen and oxygen atoms in total. The van der Waals surface area contributed by atoms with Crippen molar-refractivity contribution in [3.63, 3.8) is 0 Å². The molecule has 1 unspecified atom stereocenters. The zero-order valence-corrected chi connectivity index (χ0v) is 41.8. The first-order chi connectivity index (χ1) is 37.6. The summed E-state index contributed by atoms with van der Waals surface area (Å²) in [4.78, 5) is 0. The molecule has 0 aromatic heterocycles. The van der Waals surface area contributed by atoms with Crippen LogP contribution in [0.5, 0.6) is 0 Å². The molecule has 352 valence electrons. The van der Waals surface area contributed by atoms with Crippen LogP contribution in [-0.4, -0.2) is 0 Å². The van der Waals surface area contributed by atoms with Gasteiger partial charge in [-0.1, -0.05) is 261 Å². The van der Waals surface area contributed by atoms with Crippen molar-refractivity contribution in [2.24, 2.45) is 0 Å². The Morgan fingerprint density at radius 3 is 1.46 bits per heavy atom. The van der Waals surface area contributed by atoms with Gasteiger partial charge in [0, 0.05) is 5.92 Å². The first-order valence-corrected chi connectivity index (χ1v) is 26.7. The van der Waals surface area contributed by atoms with Crippen LogP contribution in [0.3, 0.4) is 0 Å². The van der Waals surface area contributed by atoms with E-state index in [9.17, 15) is 0 Å². The number of hydrogen-bond donors (Lipinski definition) is 0. The van der Waals surface area contributed by atoms with Crippen LogP contribution in [0.1, 0.15) is 28.2 Å². The molecular formula is C76H48. The SMILES string of the molecule is C1=CC(c2cccc3ccccc23)C2=CCc3ccc(-c4ccc(-c5ccc(-c6ccc(-c7ccc8ccc9c(-c%10cccc(-c%11ccc%12ccccc%12c%11)c%10)ccc%10ccc7c8c%109)cc6)cc5)cc4)c4ccc1c2c34. The summed E-state index contributed by atoms with van der Waals surface area (Å²) < 4.78 is 0. The van der Waals surface area contributed by atoms with Crippen LogP contribution in [0, 0.1) is 0 Å². The first kappa shape index (κ1) is 42.8. The Kier molecular flexibility index (Phi) is 9.56. The highest BCUT2D eigenvalue weighted by atomic mass is 14.3. The Morgan fingerprint density at radius 2 is 0.776 bits per heavy atom. The molecule has 1 atom stereocenters. The van der Waals surface area contributed by atoms with Gasteiger partial charge >= 0.3 is 0 Å². The van der Waals surface area contributed by atoms with Crippen molar-refractivity contribution < 1.29 is 0 Å². The topological polar surface area (TPSA) is 0 Å². The fourth-order valence-electron chi connectivity index (χ4n) is 13.2. The minimum absolute atomic E-state index is 0.227. The molecule has 0 amide bonds. The third kappa shape index (κ3) is 6.77. The molecule has 0 saturated carbocycles. The summed E-state index contributed by atoms with van der Waals surface area (Å²) in [7, 11) is 0. The van der Waals surface area contributed by atoms with E-state index >= 15 is 0 Å². The fourth-order valence-corrected chi connectivity index (χ4v) is 13.2. The predicted molar refractivity (Wildman–Crippen MR) is 325 cm³/mol. The van der Waals surface area contributed by atoms with Gasteiger partial charge < -0.3 is 0 Å². The van der Waals surface area contributed by atoms with Crippen LogP contribution in [-0.2, 0) is 6.42 Å². The second-order valence-electron chi connectivity index (χ2n) is 21.0. The van der Waals surface area contributed by atoms with Gasteiger partial charge in [0.15, 0.2) is 0 Å². The lowest BCUT2D eigenvalue weighted by Crippen LogP contribution is -2.10. The molecule has 0 fully saturated rings. The van der Waals surface area contributed by atoms with Crippen LogP contribution in [0.4, 0.5) is 0 Å². The average molecular weight is 961 g/mol. The van der Waals surface area contributed by atoms with Gasteiger partial charge in [0.25, 0.3) is 0 Å². The zero-order chi connectivity index (χ0) is 49.8. The Balaban J connectivity index is 0.672. The van der Waals surface area contributed by atoms with E-state index in [1.54, 1.807) is 0 Å². The molecule has 0 heteroatoms. The monoisotopic (exact) mass is 960 g/mol. The zero-order valence-electron chi connectivity index (χ0n) is 41.8. The van der Waals surface area contributed by atoms with Crippen LogP contribution in [0.15, 0.2) is 267 Å². The number of allylic oxidation sites excluding steroid dienone is 3. The van der Waals surface area contributed by atoms with Gasteiger partial charge in [0.2, 0.25) is 0 Å². The van der Waals surface area contributed by atoms with Crippen molar-refractivity contribution >= 4 is 76.3 Å². The Hall–Kier alpha value is -9.62. The molecule has 14 aromatic carbocycles. The maximum Gasteiger partial charge on any atom is 0.0282 e. The van der Waals surface area contributed by atoms with Crippen molar-refractivity contribution in [1.82, 2.24) is 0 Å². The summed E-state index contributed by atoms with van der Waals surface area (Å²) >= 11 is 0. The molecule has 2 aliphatic carbocycles. The maximum absolute atomic E-state index is 2.49. The number of rotatable bonds is 7. The molecule has 76 heavy (non-hydrogen) atoms. The Bertz CT molecular complexity index is 4730. The standard InChI is InChI=1S/C76H48/c1-2-9-59-45-61(28-23-47(59)7-1)60-11-5-12-62(46-60)66-39-31-57-33-41-69-64(37-29-55-35-43-71(66)75(57)73(55)69)53-24-19-50(20-25-53)48-15-17-49(18-16-48)51-21-26-54(27-22-51)65-38-30-56-36-44-72-68(40-32-58-34-42-70(65)74(56)76(58)72)67-14-6-10-52-8-3-4-13-63(52)67/h1-35,37-46,68H,36H2. The van der Waals surface area contributed by atoms with Crippen LogP contribution >= 0.6 is 0 Å². The van der Waals surface area contributed by atoms with Gasteiger partial charge in [0.05, 0.1) is 0 Å². The third-order valence-corrected chi connectivity index (χ3v) is 17.0. The van der Waals surface area contributed by atoms with Gasteiger partial charge in [-0.15, -0.1) is 0 Å². The predicted octanol–water partition coefficient (Wildman–Crippen LogP) is 20.8. The first-order valence-electron chi connectivity index (χ1n) is 26.7. The lowest BCUT2D eigenvalue weighted by atomic mass is 9.73. The van der Waals surface area contributed by atoms with Crippen LogP contribution in [0.2, 0.25) is 0 Å². The smallest absolute Gasteiger partial charge is 0.0282 e. The molecule has 16 rings (SSSR count). The molecule has 0 heterocycles. The number of benzene rings is 14. The minimum atomic E-state index is 0.227. The van der Waals surface area contributed by atoms with E-state index in [1.165, 1.54) is 159 Å². The van der Waals surface area contributed by atoms with E-state index in [2.05, 4.69) is 273 Å². The minimum Gasteiger partial charge on any atom is -0.0753 e. The molecule has 0 spiro atoms. The number of hydrogen-bond acceptors (Lipinski definition) is 0. The highest BCUT2D eigenvalue weighted by Crippen LogP contribution is 2.50. The largest absolute Gasteiger partial charge is 0.0753 e. The summed E-state index contributed by atoms with van der Waals surface area (Å²) in [5, 5.41) is 15.7. The van der Waals surface area contributed by atoms with Crippen molar-refractivity contribution in [1.29, 1.82) is 0 Å². The molecule has 0 radical (unpaired) electrons. The highest BCUT2D eigenvalue weighted by molar-refractivity contribution is 6.27. The summed E-state index contributed by atoms with van der Waals surface area (Å²) in [6.45, 7) is 0. The van der Waals surface area contributed by atoms with E-state index in [0.717, 1.165) is 6.42 Å². The van der Waals surface area contributed by atoms with E-state index < -0.39 is 0 Å². The summed E-state index contributed by atoms with van der Waals surface area (Å²) in [5.41, 5.74) is 21.8. The van der Waals surface area contributed by atoms with Crippen molar-refractivity contribution in [3.05, 3.63) is 289 Å². The normalized spacial score (nSPS) is 13.9. The molecule has 14 aromatic rings. The highest BCUT2D eigenvalue weighted by Gasteiger charge is 2.28. The Labute approximate surface area is 442 Å². The van der Waals surface area contributed by atoms with E-state index in [-0.39, 0.29) is 5.92 Å². The van der Waals surface area contributed by atoms with Crippen molar-refractivity contribution in [2.45, 2.75) is 12.3 Å². The quantitative estimate of drug-likeness (QED) is 0.140. The number of fused-ring (bicyclic) bond motifs is 2. The van der Waals surface area contributed by atoms with E-state index in [1.807, 2.05) is 0 Å². The third-order valence-electron chi connectivity index (χ3n) is 17.0. The van der Waals surface area contributed by atoms with Gasteiger partial charge in [-0.2, -0.15) is 0 Å². The van der Waals surface area contributed by atoms with E-state index in [4.69, 9.17) is 0 Å². The summed E-state index contributed by atoms with van der Waals surface area (Å²) in [6.07, 6.45) is 8.20.